The number of hydrogen-bond donors (Lipinski definition) is 1. The summed E-state index contributed by atoms with van der Waals surface area (Å²) in [5.74, 6) is 1.20. The van der Waals surface area contributed by atoms with Crippen molar-refractivity contribution in [2.45, 2.75) is 38.8 Å². The highest BCUT2D eigenvalue weighted by molar-refractivity contribution is 6.48. The first-order valence-electron chi connectivity index (χ1n) is 7.39. The molecule has 118 valence electrons. The second kappa shape index (κ2) is 6.64. The molecule has 0 aliphatic carbocycles. The topological polar surface area (TPSA) is 106 Å². The van der Waals surface area contributed by atoms with Gasteiger partial charge >= 0.3 is 0 Å². The molecular weight excluding hydrogens is 280 g/mol. The molecule has 2 unspecified atom stereocenters. The van der Waals surface area contributed by atoms with Gasteiger partial charge in [-0.05, 0) is 18.4 Å². The number of nitrogens with zero attached hydrogens (tertiary/aromatic N) is 7. The Morgan fingerprint density at radius 3 is 2.64 bits per heavy atom. The number of rotatable bonds is 5. The average molecular weight is 302 g/mol. The minimum absolute atomic E-state index is 0.0978. The van der Waals surface area contributed by atoms with E-state index in [0.29, 0.717) is 29.7 Å². The molecule has 2 aliphatic rings. The van der Waals surface area contributed by atoms with E-state index in [1.165, 1.54) is 0 Å². The molecule has 0 saturated carbocycles. The summed E-state index contributed by atoms with van der Waals surface area (Å²) in [6, 6.07) is 0.369. The molecule has 0 aromatic rings. The molecule has 22 heavy (non-hydrogen) atoms. The highest BCUT2D eigenvalue weighted by Crippen LogP contribution is 2.29. The minimum Gasteiger partial charge on any atom is -0.337 e. The maximum Gasteiger partial charge on any atom is 0.160 e. The summed E-state index contributed by atoms with van der Waals surface area (Å²) in [6.45, 7) is 12.7. The van der Waals surface area contributed by atoms with Crippen LogP contribution in [0.25, 0.3) is 10.4 Å². The number of aliphatic imine (C=N–C) groups is 2. The minimum atomic E-state index is 0.0978. The lowest BCUT2D eigenvalue weighted by Crippen LogP contribution is -2.57. The van der Waals surface area contributed by atoms with E-state index in [-0.39, 0.29) is 18.8 Å². The Bertz CT molecular complexity index is 584. The molecule has 0 bridgehead atoms. The standard InChI is InChI=1S/C14H22N8/c1-5-11-12(6-2)21(7-15)14-13(19-11)9(3)22(8-17-20-16)10(4)18-14/h11-12H,3-8,15H2,1-2H3. The zero-order valence-electron chi connectivity index (χ0n) is 13.1. The van der Waals surface area contributed by atoms with Crippen molar-refractivity contribution in [3.63, 3.8) is 0 Å². The fourth-order valence-corrected chi connectivity index (χ4v) is 2.93. The molecule has 0 aromatic heterocycles. The van der Waals surface area contributed by atoms with E-state index in [4.69, 9.17) is 16.3 Å². The third-order valence-corrected chi connectivity index (χ3v) is 4.07. The number of amidine groups is 1. The van der Waals surface area contributed by atoms with Gasteiger partial charge in [-0.1, -0.05) is 32.1 Å². The van der Waals surface area contributed by atoms with Crippen LogP contribution in [0.2, 0.25) is 0 Å². The van der Waals surface area contributed by atoms with Gasteiger partial charge in [0.05, 0.1) is 24.4 Å². The van der Waals surface area contributed by atoms with Crippen molar-refractivity contribution in [1.29, 1.82) is 0 Å². The number of fused-ring (bicyclic) bond motifs is 1. The molecule has 8 nitrogen and oxygen atoms in total. The quantitative estimate of drug-likeness (QED) is 0.478. The van der Waals surface area contributed by atoms with Crippen LogP contribution in [0.1, 0.15) is 26.7 Å². The van der Waals surface area contributed by atoms with Crippen molar-refractivity contribution in [1.82, 2.24) is 9.80 Å². The lowest BCUT2D eigenvalue weighted by Gasteiger charge is -2.44. The van der Waals surface area contributed by atoms with Gasteiger partial charge < -0.3 is 15.5 Å². The van der Waals surface area contributed by atoms with Gasteiger partial charge in [-0.15, -0.1) is 0 Å². The molecule has 2 heterocycles. The summed E-state index contributed by atoms with van der Waals surface area (Å²) in [5.41, 5.74) is 15.8. The van der Waals surface area contributed by atoms with E-state index in [2.05, 4.69) is 46.9 Å². The average Bonchev–Trinajstić information content (AvgIpc) is 2.53. The Kier molecular flexibility index (Phi) is 4.85. The van der Waals surface area contributed by atoms with E-state index in [1.807, 2.05) is 0 Å². The van der Waals surface area contributed by atoms with Crippen LogP contribution in [0.4, 0.5) is 0 Å². The van der Waals surface area contributed by atoms with Crippen molar-refractivity contribution in [3.05, 3.63) is 35.1 Å². The summed E-state index contributed by atoms with van der Waals surface area (Å²) < 4.78 is 0. The second-order valence-corrected chi connectivity index (χ2v) is 5.18. The highest BCUT2D eigenvalue weighted by atomic mass is 15.4. The molecular formula is C14H22N8. The van der Waals surface area contributed by atoms with Crippen molar-refractivity contribution >= 4 is 11.5 Å². The summed E-state index contributed by atoms with van der Waals surface area (Å²) in [7, 11) is 0. The summed E-state index contributed by atoms with van der Waals surface area (Å²) in [6.07, 6.45) is 1.85. The number of azide groups is 1. The Labute approximate surface area is 130 Å². The third kappa shape index (κ3) is 2.58. The third-order valence-electron chi connectivity index (χ3n) is 4.07. The number of hydrogen-bond acceptors (Lipinski definition) is 6. The van der Waals surface area contributed by atoms with Crippen molar-refractivity contribution < 1.29 is 0 Å². The van der Waals surface area contributed by atoms with Gasteiger partial charge in [-0.25, -0.2) is 4.99 Å². The predicted octanol–water partition coefficient (Wildman–Crippen LogP) is 2.18. The molecule has 2 atom stereocenters. The Hall–Kier alpha value is -2.31. The van der Waals surface area contributed by atoms with Gasteiger partial charge in [-0.2, -0.15) is 0 Å². The first-order chi connectivity index (χ1) is 10.6. The van der Waals surface area contributed by atoms with Crippen LogP contribution in [0.3, 0.4) is 0 Å². The second-order valence-electron chi connectivity index (χ2n) is 5.18. The van der Waals surface area contributed by atoms with Crippen molar-refractivity contribution in [3.8, 4) is 0 Å². The van der Waals surface area contributed by atoms with E-state index in [0.717, 1.165) is 12.8 Å². The molecule has 2 rings (SSSR count). The number of nitrogens with two attached hydrogens (primary N) is 1. The first-order valence-corrected chi connectivity index (χ1v) is 7.39. The summed E-state index contributed by atoms with van der Waals surface area (Å²) in [5, 5.41) is 3.57. The highest BCUT2D eigenvalue weighted by Gasteiger charge is 2.38. The Morgan fingerprint density at radius 2 is 2.09 bits per heavy atom. The molecule has 2 N–H and O–H groups in total. The van der Waals surface area contributed by atoms with Crippen LogP contribution >= 0.6 is 0 Å². The van der Waals surface area contributed by atoms with Crippen LogP contribution in [-0.2, 0) is 0 Å². The maximum atomic E-state index is 8.51. The molecule has 0 radical (unpaired) electrons. The van der Waals surface area contributed by atoms with Gasteiger partial charge in [0, 0.05) is 4.91 Å². The molecule has 0 amide bonds. The Morgan fingerprint density at radius 1 is 1.36 bits per heavy atom. The van der Waals surface area contributed by atoms with Crippen LogP contribution in [0.5, 0.6) is 0 Å². The lowest BCUT2D eigenvalue weighted by atomic mass is 9.97. The van der Waals surface area contributed by atoms with Crippen LogP contribution in [0, 0.1) is 0 Å². The molecule has 8 heteroatoms. The van der Waals surface area contributed by atoms with E-state index in [1.54, 1.807) is 4.90 Å². The summed E-state index contributed by atoms with van der Waals surface area (Å²) in [4.78, 5) is 15.8. The normalized spacial score (nSPS) is 24.5. The molecule has 0 spiro atoms. The fourth-order valence-electron chi connectivity index (χ4n) is 2.93. The fraction of sp³-hybridized carbons (Fsp3) is 0.571. The first kappa shape index (κ1) is 16.1. The van der Waals surface area contributed by atoms with Gasteiger partial charge in [0.2, 0.25) is 0 Å². The van der Waals surface area contributed by atoms with Gasteiger partial charge in [0.1, 0.15) is 18.2 Å². The zero-order chi connectivity index (χ0) is 16.3. The van der Waals surface area contributed by atoms with Crippen molar-refractivity contribution in [2.24, 2.45) is 20.8 Å². The van der Waals surface area contributed by atoms with Gasteiger partial charge in [0.25, 0.3) is 0 Å². The molecule has 0 saturated heterocycles. The lowest BCUT2D eigenvalue weighted by molar-refractivity contribution is 0.256. The Balaban J connectivity index is 2.48. The van der Waals surface area contributed by atoms with Crippen LogP contribution in [0.15, 0.2) is 39.8 Å². The summed E-state index contributed by atoms with van der Waals surface area (Å²) >= 11 is 0. The molecule has 0 fully saturated rings. The van der Waals surface area contributed by atoms with Crippen LogP contribution in [-0.4, -0.2) is 46.8 Å². The van der Waals surface area contributed by atoms with Crippen LogP contribution < -0.4 is 5.73 Å². The van der Waals surface area contributed by atoms with Gasteiger partial charge in [0.15, 0.2) is 5.84 Å². The SMILES string of the molecule is C=C1N=C2C(=NC(CC)C(CC)N2CN)C(=C)N1CN=[N+]=[N-]. The monoisotopic (exact) mass is 302 g/mol. The van der Waals surface area contributed by atoms with E-state index >= 15 is 0 Å². The largest absolute Gasteiger partial charge is 0.337 e. The maximum absolute atomic E-state index is 8.51. The zero-order valence-corrected chi connectivity index (χ0v) is 13.1. The predicted molar refractivity (Wildman–Crippen MR) is 88.1 cm³/mol. The smallest absolute Gasteiger partial charge is 0.160 e. The molecule has 0 aromatic carbocycles. The van der Waals surface area contributed by atoms with Gasteiger partial charge in [-0.3, -0.25) is 4.99 Å². The van der Waals surface area contributed by atoms with E-state index < -0.39 is 0 Å². The van der Waals surface area contributed by atoms with E-state index in [9.17, 15) is 0 Å². The van der Waals surface area contributed by atoms with Crippen molar-refractivity contribution in [2.75, 3.05) is 13.3 Å². The molecule has 2 aliphatic heterocycles.